The third-order valence-electron chi connectivity index (χ3n) is 4.09. The fourth-order valence-electron chi connectivity index (χ4n) is 2.95. The lowest BCUT2D eigenvalue weighted by Crippen LogP contribution is -2.43. The smallest absolute Gasteiger partial charge is 0.339 e. The molecule has 1 fully saturated rings. The predicted octanol–water partition coefficient (Wildman–Crippen LogP) is 2.74. The van der Waals surface area contributed by atoms with Crippen molar-refractivity contribution < 1.29 is 15.0 Å². The van der Waals surface area contributed by atoms with Crippen molar-refractivity contribution in [3.8, 4) is 0 Å². The number of carboxylic acids is 1. The first kappa shape index (κ1) is 16.0. The summed E-state index contributed by atoms with van der Waals surface area (Å²) in [5.41, 5.74) is -0.0680. The molecule has 1 aliphatic carbocycles. The van der Waals surface area contributed by atoms with Crippen LogP contribution in [0.25, 0.3) is 0 Å². The molecule has 1 heterocycles. The summed E-state index contributed by atoms with van der Waals surface area (Å²) in [4.78, 5) is 15.0. The first-order valence-corrected chi connectivity index (χ1v) is 7.53. The average Bonchev–Trinajstić information content (AvgIpc) is 2.37. The second kappa shape index (κ2) is 6.20. The zero-order valence-corrected chi connectivity index (χ0v) is 13.0. The number of pyridine rings is 1. The molecule has 3 N–H and O–H groups in total. The number of carboxylic acid groups (broad SMARTS) is 1. The maximum atomic E-state index is 11.2. The van der Waals surface area contributed by atoms with Crippen molar-refractivity contribution in [2.45, 2.75) is 50.1 Å². The molecule has 0 aromatic carbocycles. The van der Waals surface area contributed by atoms with E-state index in [4.69, 9.17) is 16.7 Å². The molecule has 2 rings (SSSR count). The van der Waals surface area contributed by atoms with Crippen LogP contribution in [0.5, 0.6) is 0 Å². The van der Waals surface area contributed by atoms with E-state index in [9.17, 15) is 9.90 Å². The molecule has 0 saturated heterocycles. The lowest BCUT2D eigenvalue weighted by molar-refractivity contribution is 0.00180. The molecule has 0 amide bonds. The summed E-state index contributed by atoms with van der Waals surface area (Å²) in [6.45, 7) is 3.57. The van der Waals surface area contributed by atoms with Gasteiger partial charge in [-0.25, -0.2) is 4.79 Å². The van der Waals surface area contributed by atoms with Crippen LogP contribution in [-0.2, 0) is 0 Å². The molecule has 0 radical (unpaired) electrons. The Balaban J connectivity index is 2.05. The van der Waals surface area contributed by atoms with Gasteiger partial charge in [0.1, 0.15) is 5.56 Å². The standard InChI is InChI=1S/C15H21ClN2O3/c1-15(2,21)11-4-3-9(7-12(11)16)18-13-5-6-17-8-10(13)14(19)20/h5-6,8-9,11-12,21H,3-4,7H2,1-2H3,(H,17,18)(H,19,20)/t9-,11+,12-/m1/s1. The Labute approximate surface area is 129 Å². The fraction of sp³-hybridized carbons (Fsp3) is 0.600. The van der Waals surface area contributed by atoms with Crippen molar-refractivity contribution in [3.63, 3.8) is 0 Å². The Morgan fingerprint density at radius 2 is 2.19 bits per heavy atom. The highest BCUT2D eigenvalue weighted by atomic mass is 35.5. The Kier molecular flexibility index (Phi) is 4.74. The molecule has 1 saturated carbocycles. The molecule has 1 aromatic heterocycles. The molecule has 3 atom stereocenters. The molecule has 1 aromatic rings. The number of hydrogen-bond donors (Lipinski definition) is 3. The van der Waals surface area contributed by atoms with Gasteiger partial charge >= 0.3 is 5.97 Å². The SMILES string of the molecule is CC(C)(O)[C@H]1CC[C@@H](Nc2ccncc2C(=O)O)C[C@H]1Cl. The number of nitrogens with one attached hydrogen (secondary N) is 1. The topological polar surface area (TPSA) is 82.5 Å². The number of halogens is 1. The molecule has 116 valence electrons. The highest BCUT2D eigenvalue weighted by Gasteiger charge is 2.38. The third kappa shape index (κ3) is 3.86. The molecule has 21 heavy (non-hydrogen) atoms. The van der Waals surface area contributed by atoms with E-state index >= 15 is 0 Å². The average molecular weight is 313 g/mol. The quantitative estimate of drug-likeness (QED) is 0.745. The van der Waals surface area contributed by atoms with Gasteiger partial charge in [0.25, 0.3) is 0 Å². The number of nitrogens with zero attached hydrogens (tertiary/aromatic N) is 1. The van der Waals surface area contributed by atoms with E-state index in [1.807, 2.05) is 0 Å². The predicted molar refractivity (Wildman–Crippen MR) is 81.9 cm³/mol. The van der Waals surface area contributed by atoms with E-state index in [1.54, 1.807) is 26.1 Å². The number of anilines is 1. The first-order chi connectivity index (χ1) is 9.79. The van der Waals surface area contributed by atoms with Crippen LogP contribution in [-0.4, -0.2) is 38.2 Å². The lowest BCUT2D eigenvalue weighted by atomic mass is 9.76. The summed E-state index contributed by atoms with van der Waals surface area (Å²) in [7, 11) is 0. The van der Waals surface area contributed by atoms with Crippen LogP contribution in [0.4, 0.5) is 5.69 Å². The minimum atomic E-state index is -1.00. The summed E-state index contributed by atoms with van der Waals surface area (Å²) >= 11 is 6.40. The van der Waals surface area contributed by atoms with Crippen LogP contribution >= 0.6 is 11.6 Å². The van der Waals surface area contributed by atoms with Crippen LogP contribution in [0.2, 0.25) is 0 Å². The van der Waals surface area contributed by atoms with Gasteiger partial charge in [0.05, 0.1) is 11.3 Å². The lowest BCUT2D eigenvalue weighted by Gasteiger charge is -2.39. The Hall–Kier alpha value is -1.33. The summed E-state index contributed by atoms with van der Waals surface area (Å²) in [6, 6.07) is 1.76. The van der Waals surface area contributed by atoms with E-state index in [2.05, 4.69) is 10.3 Å². The van der Waals surface area contributed by atoms with E-state index in [1.165, 1.54) is 6.20 Å². The third-order valence-corrected chi connectivity index (χ3v) is 4.57. The van der Waals surface area contributed by atoms with Gasteiger partial charge in [0.15, 0.2) is 0 Å². The first-order valence-electron chi connectivity index (χ1n) is 7.09. The number of aromatic carboxylic acids is 1. The summed E-state index contributed by atoms with van der Waals surface area (Å²) in [6.07, 6.45) is 5.25. The number of carbonyl (C=O) groups is 1. The highest BCUT2D eigenvalue weighted by molar-refractivity contribution is 6.21. The molecule has 0 bridgehead atoms. The molecule has 0 spiro atoms. The van der Waals surface area contributed by atoms with Crippen LogP contribution < -0.4 is 5.32 Å². The van der Waals surface area contributed by atoms with Gasteiger partial charge in [-0.2, -0.15) is 0 Å². The van der Waals surface area contributed by atoms with Gasteiger partial charge < -0.3 is 15.5 Å². The van der Waals surface area contributed by atoms with Crippen molar-refractivity contribution in [3.05, 3.63) is 24.0 Å². The van der Waals surface area contributed by atoms with E-state index in [-0.39, 0.29) is 22.9 Å². The van der Waals surface area contributed by atoms with Crippen LogP contribution in [0, 0.1) is 5.92 Å². The Morgan fingerprint density at radius 3 is 2.76 bits per heavy atom. The van der Waals surface area contributed by atoms with Crippen molar-refractivity contribution in [2.75, 3.05) is 5.32 Å². The summed E-state index contributed by atoms with van der Waals surface area (Å²) in [5, 5.41) is 22.4. The van der Waals surface area contributed by atoms with Gasteiger partial charge in [0, 0.05) is 29.7 Å². The Morgan fingerprint density at radius 1 is 1.48 bits per heavy atom. The van der Waals surface area contributed by atoms with Crippen molar-refractivity contribution in [2.24, 2.45) is 5.92 Å². The largest absolute Gasteiger partial charge is 0.478 e. The van der Waals surface area contributed by atoms with Crippen molar-refractivity contribution >= 4 is 23.3 Å². The van der Waals surface area contributed by atoms with Crippen molar-refractivity contribution in [1.29, 1.82) is 0 Å². The molecule has 1 aliphatic rings. The molecule has 6 heteroatoms. The molecule has 5 nitrogen and oxygen atoms in total. The van der Waals surface area contributed by atoms with E-state index in [0.29, 0.717) is 12.1 Å². The maximum absolute atomic E-state index is 11.2. The molecular weight excluding hydrogens is 292 g/mol. The fourth-order valence-corrected chi connectivity index (χ4v) is 3.60. The summed E-state index contributed by atoms with van der Waals surface area (Å²) < 4.78 is 0. The van der Waals surface area contributed by atoms with Crippen LogP contribution in [0.1, 0.15) is 43.5 Å². The molecule has 0 unspecified atom stereocenters. The zero-order valence-electron chi connectivity index (χ0n) is 12.2. The minimum absolute atomic E-state index is 0.0496. The molecular formula is C15H21ClN2O3. The number of aliphatic hydroxyl groups is 1. The van der Waals surface area contributed by atoms with Gasteiger partial charge in [-0.15, -0.1) is 11.6 Å². The number of alkyl halides is 1. The number of aromatic nitrogens is 1. The number of hydrogen-bond acceptors (Lipinski definition) is 4. The maximum Gasteiger partial charge on any atom is 0.339 e. The van der Waals surface area contributed by atoms with E-state index < -0.39 is 11.6 Å². The van der Waals surface area contributed by atoms with E-state index in [0.717, 1.165) is 12.8 Å². The van der Waals surface area contributed by atoms with Gasteiger partial charge in [0.2, 0.25) is 0 Å². The second-order valence-corrected chi connectivity index (χ2v) is 6.72. The van der Waals surface area contributed by atoms with Gasteiger partial charge in [-0.1, -0.05) is 0 Å². The monoisotopic (exact) mass is 312 g/mol. The number of rotatable bonds is 4. The summed E-state index contributed by atoms with van der Waals surface area (Å²) in [5.74, 6) is -0.952. The van der Waals surface area contributed by atoms with Gasteiger partial charge in [-0.05, 0) is 39.2 Å². The van der Waals surface area contributed by atoms with Crippen molar-refractivity contribution in [1.82, 2.24) is 4.98 Å². The van der Waals surface area contributed by atoms with Gasteiger partial charge in [-0.3, -0.25) is 4.98 Å². The van der Waals surface area contributed by atoms with Crippen LogP contribution in [0.15, 0.2) is 18.5 Å². The molecule has 0 aliphatic heterocycles. The highest BCUT2D eigenvalue weighted by Crippen LogP contribution is 2.37. The second-order valence-electron chi connectivity index (χ2n) is 6.16. The zero-order chi connectivity index (χ0) is 15.6. The normalized spacial score (nSPS) is 26.4. The Bertz CT molecular complexity index is 516. The minimum Gasteiger partial charge on any atom is -0.478 e. The van der Waals surface area contributed by atoms with Crippen LogP contribution in [0.3, 0.4) is 0 Å².